The van der Waals surface area contributed by atoms with Gasteiger partial charge < -0.3 is 68.6 Å². The number of hydrogen-bond acceptors (Lipinski definition) is 18. The molecule has 1 aromatic heterocycles. The molecule has 5 heterocycles. The third-order valence-corrected chi connectivity index (χ3v) is 16.1. The number of esters is 1. The number of hydrogen-bond donors (Lipinski definition) is 5. The van der Waals surface area contributed by atoms with Crippen LogP contribution in [0.5, 0.6) is 0 Å². The van der Waals surface area contributed by atoms with Gasteiger partial charge in [-0.1, -0.05) is 43.3 Å². The minimum Gasteiger partial charge on any atom is -0.459 e. The Hall–Kier alpha value is -3.39. The summed E-state index contributed by atoms with van der Waals surface area (Å²) in [4.78, 5) is 24.0. The van der Waals surface area contributed by atoms with Gasteiger partial charge in [-0.15, -0.1) is 5.10 Å². The molecule has 0 radical (unpaired) electrons. The van der Waals surface area contributed by atoms with Crippen molar-refractivity contribution in [3.8, 4) is 0 Å². The van der Waals surface area contributed by atoms with Gasteiger partial charge in [0.1, 0.15) is 30.0 Å². The van der Waals surface area contributed by atoms with E-state index in [0.717, 1.165) is 12.1 Å². The number of alkyl halides is 3. The third kappa shape index (κ3) is 13.8. The van der Waals surface area contributed by atoms with Crippen molar-refractivity contribution in [3.63, 3.8) is 0 Å². The maximum atomic E-state index is 14.5. The molecule has 420 valence electrons. The van der Waals surface area contributed by atoms with Gasteiger partial charge in [0.2, 0.25) is 0 Å². The number of ether oxygens (including phenoxy) is 6. The van der Waals surface area contributed by atoms with E-state index >= 15 is 0 Å². The maximum absolute atomic E-state index is 14.5. The Labute approximate surface area is 433 Å². The van der Waals surface area contributed by atoms with Crippen LogP contribution < -0.4 is 0 Å². The van der Waals surface area contributed by atoms with Crippen LogP contribution in [0, 0.1) is 17.8 Å². The molecule has 4 aliphatic heterocycles. The molecule has 2 aromatic rings. The van der Waals surface area contributed by atoms with E-state index in [1.165, 1.54) is 26.2 Å². The van der Waals surface area contributed by atoms with E-state index in [-0.39, 0.29) is 25.2 Å². The van der Waals surface area contributed by atoms with Crippen molar-refractivity contribution >= 4 is 11.7 Å². The van der Waals surface area contributed by atoms with Gasteiger partial charge in [0.25, 0.3) is 0 Å². The fourth-order valence-corrected chi connectivity index (χ4v) is 11.4. The summed E-state index contributed by atoms with van der Waals surface area (Å²) in [5.41, 5.74) is -3.60. The van der Waals surface area contributed by atoms with Crippen LogP contribution in [0.15, 0.2) is 35.6 Å². The summed E-state index contributed by atoms with van der Waals surface area (Å²) in [5.74, 6) is -2.90. The SMILES string of the molecule is CC[C@H]1OC(=O)[C@H](C)[C@@H](O[C@H]2C[C@@](C)(OC)[C@@H](O)[C@H](C)O2)[C@H](C)[C@@H](O[C@@H]2O[C@H](C)C[C@H](N(C)CCc3cn(C[C@H]4CC(c5ccc(C(F)(F)F)cc5)=NO4)nn3)[C@H]2O)[C@](C)(O)C[C@@H](C)CN(C)[C@H](C)[C@@H](O)[C@]1(C)O. The Morgan fingerprint density at radius 1 is 0.959 bits per heavy atom. The Morgan fingerprint density at radius 2 is 1.64 bits per heavy atom. The maximum Gasteiger partial charge on any atom is 0.416 e. The Kier molecular flexibility index (Phi) is 19.5. The van der Waals surface area contributed by atoms with Crippen LogP contribution in [-0.4, -0.2) is 193 Å². The van der Waals surface area contributed by atoms with Gasteiger partial charge in [-0.05, 0) is 105 Å². The van der Waals surface area contributed by atoms with E-state index < -0.39 is 126 Å². The number of likely N-dealkylation sites (N-methyl/N-ethyl adjacent to an activating group) is 2. The number of nitrogens with zero attached hydrogens (tertiary/aromatic N) is 6. The average Bonchev–Trinajstić information content (AvgIpc) is 4.01. The zero-order chi connectivity index (χ0) is 54.8. The second-order valence-corrected chi connectivity index (χ2v) is 22.4. The van der Waals surface area contributed by atoms with E-state index in [9.17, 15) is 43.5 Å². The zero-order valence-electron chi connectivity index (χ0n) is 45.3. The molecule has 19 nitrogen and oxygen atoms in total. The van der Waals surface area contributed by atoms with Gasteiger partial charge in [-0.3, -0.25) is 4.79 Å². The van der Waals surface area contributed by atoms with E-state index in [1.54, 1.807) is 59.3 Å². The first-order valence-electron chi connectivity index (χ1n) is 26.1. The average molecular weight is 1060 g/mol. The number of aromatic nitrogens is 3. The molecule has 5 N–H and O–H groups in total. The molecule has 22 heteroatoms. The van der Waals surface area contributed by atoms with Crippen LogP contribution in [0.4, 0.5) is 13.2 Å². The second-order valence-electron chi connectivity index (χ2n) is 22.4. The van der Waals surface area contributed by atoms with Crippen LogP contribution in [0.3, 0.4) is 0 Å². The number of benzene rings is 1. The first kappa shape index (κ1) is 59.8. The molecule has 0 amide bonds. The van der Waals surface area contributed by atoms with E-state index in [2.05, 4.69) is 15.5 Å². The molecule has 3 saturated heterocycles. The van der Waals surface area contributed by atoms with Crippen molar-refractivity contribution in [3.05, 3.63) is 47.3 Å². The number of cyclic esters (lactones) is 1. The lowest BCUT2D eigenvalue weighted by Crippen LogP contribution is -2.61. The Balaban J connectivity index is 1.21. The lowest BCUT2D eigenvalue weighted by atomic mass is 9.77. The summed E-state index contributed by atoms with van der Waals surface area (Å²) in [7, 11) is 5.19. The summed E-state index contributed by atoms with van der Waals surface area (Å²) in [6.07, 6.45) is -11.7. The number of halogens is 3. The number of carbonyl (C=O) groups is 1. The molecular formula is C52H83F3N6O13. The van der Waals surface area contributed by atoms with Crippen molar-refractivity contribution < 1.29 is 76.8 Å². The van der Waals surface area contributed by atoms with E-state index in [4.69, 9.17) is 33.3 Å². The summed E-state index contributed by atoms with van der Waals surface area (Å²) in [6, 6.07) is 3.72. The van der Waals surface area contributed by atoms with Crippen LogP contribution in [0.25, 0.3) is 0 Å². The molecule has 19 atom stereocenters. The Bertz CT molecular complexity index is 2170. The molecule has 4 aliphatic rings. The van der Waals surface area contributed by atoms with Crippen molar-refractivity contribution in [1.82, 2.24) is 24.8 Å². The van der Waals surface area contributed by atoms with Gasteiger partial charge in [0, 0.05) is 63.7 Å². The molecule has 74 heavy (non-hydrogen) atoms. The number of methoxy groups -OCH3 is 1. The fourth-order valence-electron chi connectivity index (χ4n) is 11.4. The monoisotopic (exact) mass is 1060 g/mol. The summed E-state index contributed by atoms with van der Waals surface area (Å²) in [6.45, 7) is 18.5. The van der Waals surface area contributed by atoms with Crippen molar-refractivity contribution in [2.24, 2.45) is 22.9 Å². The number of aliphatic hydroxyl groups excluding tert-OH is 3. The number of carbonyl (C=O) groups excluding carboxylic acids is 1. The normalized spacial score (nSPS) is 40.5. The van der Waals surface area contributed by atoms with E-state index in [1.807, 2.05) is 37.7 Å². The predicted octanol–water partition coefficient (Wildman–Crippen LogP) is 4.32. The first-order valence-corrected chi connectivity index (χ1v) is 26.1. The first-order chi connectivity index (χ1) is 34.5. The molecule has 0 unspecified atom stereocenters. The standard InChI is InChI=1S/C52H83F3N6O13/c1-14-40-51(10,67)44(63)32(6)60(12)25-28(2)23-49(8,66)46(30(4)43(31(5)47(65)71-40)72-41-24-50(9,68-13)45(64)33(7)70-41)73-48-42(62)39(21-29(3)69-48)59(11)20-19-36-26-61(58-56-36)27-37-22-38(57-74-37)34-15-17-35(18-16-34)52(53,54)55/h15-18,26,28-33,37,39-46,48,62-64,66-67H,14,19-25,27H2,1-13H3/t28-,29-,30+,31-,32-,33+,37-,39+,40-,41+,42-,43+,44-,45+,46-,48+,49-,50-,51-/m1/s1. The highest BCUT2D eigenvalue weighted by Gasteiger charge is 2.53. The zero-order valence-corrected chi connectivity index (χ0v) is 45.3. The van der Waals surface area contributed by atoms with Crippen molar-refractivity contribution in [2.45, 2.75) is 217 Å². The highest BCUT2D eigenvalue weighted by atomic mass is 19.4. The lowest BCUT2D eigenvalue weighted by molar-refractivity contribution is -0.318. The number of aliphatic hydroxyl groups is 5. The van der Waals surface area contributed by atoms with Crippen LogP contribution >= 0.6 is 0 Å². The number of oxime groups is 1. The van der Waals surface area contributed by atoms with Crippen molar-refractivity contribution in [2.75, 3.05) is 34.3 Å². The van der Waals surface area contributed by atoms with Gasteiger partial charge in [0.15, 0.2) is 18.7 Å². The summed E-state index contributed by atoms with van der Waals surface area (Å²) in [5, 5.41) is 72.4. The predicted molar refractivity (Wildman–Crippen MR) is 264 cm³/mol. The summed E-state index contributed by atoms with van der Waals surface area (Å²) < 4.78 is 79.1. The molecule has 3 fully saturated rings. The largest absolute Gasteiger partial charge is 0.459 e. The van der Waals surface area contributed by atoms with Gasteiger partial charge >= 0.3 is 12.1 Å². The van der Waals surface area contributed by atoms with Crippen LogP contribution in [0.1, 0.15) is 118 Å². The Morgan fingerprint density at radius 3 is 2.27 bits per heavy atom. The fraction of sp³-hybridized carbons (Fsp3) is 0.808. The van der Waals surface area contributed by atoms with Crippen molar-refractivity contribution in [1.29, 1.82) is 0 Å². The lowest BCUT2D eigenvalue weighted by Gasteiger charge is -2.49. The molecule has 0 bridgehead atoms. The van der Waals surface area contributed by atoms with Gasteiger partial charge in [0.05, 0.1) is 65.0 Å². The van der Waals surface area contributed by atoms with Crippen LogP contribution in [0.2, 0.25) is 0 Å². The molecule has 6 rings (SSSR count). The quantitative estimate of drug-likeness (QED) is 0.176. The van der Waals surface area contributed by atoms with E-state index in [0.29, 0.717) is 55.9 Å². The van der Waals surface area contributed by atoms with Gasteiger partial charge in [-0.25, -0.2) is 4.68 Å². The van der Waals surface area contributed by atoms with Crippen LogP contribution in [-0.2, 0) is 57.2 Å². The highest BCUT2D eigenvalue weighted by Crippen LogP contribution is 2.41. The minimum absolute atomic E-state index is 0.0767. The topological polar surface area (TPSA) is 232 Å². The summed E-state index contributed by atoms with van der Waals surface area (Å²) >= 11 is 0. The second kappa shape index (κ2) is 24.1. The van der Waals surface area contributed by atoms with Gasteiger partial charge in [-0.2, -0.15) is 13.2 Å². The molecule has 0 saturated carbocycles. The molecule has 0 aliphatic carbocycles. The number of rotatable bonds is 13. The molecular weight excluding hydrogens is 974 g/mol. The smallest absolute Gasteiger partial charge is 0.416 e. The molecule has 1 aromatic carbocycles. The highest BCUT2D eigenvalue weighted by molar-refractivity contribution is 6.01. The minimum atomic E-state index is -4.44. The third-order valence-electron chi connectivity index (χ3n) is 16.1. The molecule has 0 spiro atoms.